The summed E-state index contributed by atoms with van der Waals surface area (Å²) in [5.74, 6) is -0.0247. The normalized spacial score (nSPS) is 13.0. The Morgan fingerprint density at radius 1 is 1.29 bits per heavy atom. The highest BCUT2D eigenvalue weighted by Crippen LogP contribution is 2.36. The summed E-state index contributed by atoms with van der Waals surface area (Å²) < 4.78 is 1.81. The molecule has 0 radical (unpaired) electrons. The van der Waals surface area contributed by atoms with E-state index in [1.807, 2.05) is 16.8 Å². The molecule has 128 valence electrons. The third-order valence-corrected chi connectivity index (χ3v) is 3.42. The lowest BCUT2D eigenvalue weighted by atomic mass is 10.2. The molecule has 1 saturated carbocycles. The molecule has 1 aromatic heterocycles. The van der Waals surface area contributed by atoms with Gasteiger partial charge in [0.1, 0.15) is 0 Å². The molecule has 0 spiro atoms. The van der Waals surface area contributed by atoms with E-state index in [0.717, 1.165) is 18.4 Å². The van der Waals surface area contributed by atoms with Gasteiger partial charge in [-0.1, -0.05) is 12.1 Å². The Labute approximate surface area is 144 Å². The van der Waals surface area contributed by atoms with Crippen LogP contribution in [0.2, 0.25) is 0 Å². The lowest BCUT2D eigenvalue weighted by molar-refractivity contribution is -0.123. The minimum absolute atomic E-state index is 0. The molecule has 0 atom stereocenters. The highest BCUT2D eigenvalue weighted by Gasteiger charge is 2.28. The zero-order valence-corrected chi connectivity index (χ0v) is 13.6. The SMILES string of the molecule is Cl.NCC(=O)NCC(=O)Nc1cccc(-c2nnnn2C2CC2)c1. The van der Waals surface area contributed by atoms with Gasteiger partial charge in [-0.15, -0.1) is 17.5 Å². The molecule has 24 heavy (non-hydrogen) atoms. The Balaban J connectivity index is 0.00000208. The van der Waals surface area contributed by atoms with E-state index in [1.165, 1.54) is 0 Å². The summed E-state index contributed by atoms with van der Waals surface area (Å²) in [6, 6.07) is 7.63. The molecular weight excluding hydrogens is 334 g/mol. The number of anilines is 1. The molecular formula is C14H18ClN7O2. The lowest BCUT2D eigenvalue weighted by Gasteiger charge is -2.08. The van der Waals surface area contributed by atoms with Crippen molar-refractivity contribution in [2.45, 2.75) is 18.9 Å². The highest BCUT2D eigenvalue weighted by molar-refractivity contribution is 5.95. The first kappa shape index (κ1) is 17.8. The number of benzene rings is 1. The number of rotatable bonds is 6. The van der Waals surface area contributed by atoms with Crippen LogP contribution in [0.1, 0.15) is 18.9 Å². The van der Waals surface area contributed by atoms with Crippen LogP contribution in [0.3, 0.4) is 0 Å². The number of hydrogen-bond donors (Lipinski definition) is 3. The van der Waals surface area contributed by atoms with E-state index in [-0.39, 0.29) is 37.3 Å². The molecule has 10 heteroatoms. The molecule has 1 aromatic carbocycles. The molecule has 2 amide bonds. The number of carbonyl (C=O) groups is 2. The number of amides is 2. The number of hydrogen-bond acceptors (Lipinski definition) is 6. The van der Waals surface area contributed by atoms with Crippen molar-refractivity contribution in [3.8, 4) is 11.4 Å². The minimum atomic E-state index is -0.377. The van der Waals surface area contributed by atoms with Crippen molar-refractivity contribution in [1.82, 2.24) is 25.5 Å². The maximum absolute atomic E-state index is 11.8. The van der Waals surface area contributed by atoms with E-state index in [2.05, 4.69) is 26.2 Å². The molecule has 1 aliphatic carbocycles. The van der Waals surface area contributed by atoms with Crippen molar-refractivity contribution >= 4 is 29.9 Å². The average Bonchev–Trinajstić information content (AvgIpc) is 3.29. The van der Waals surface area contributed by atoms with Crippen LogP contribution in [0.15, 0.2) is 24.3 Å². The summed E-state index contributed by atoms with van der Waals surface area (Å²) in [6.45, 7) is -0.271. The Morgan fingerprint density at radius 2 is 2.08 bits per heavy atom. The molecule has 0 saturated heterocycles. The summed E-state index contributed by atoms with van der Waals surface area (Å²) in [4.78, 5) is 22.8. The van der Waals surface area contributed by atoms with Gasteiger partial charge in [-0.3, -0.25) is 9.59 Å². The van der Waals surface area contributed by atoms with Crippen molar-refractivity contribution in [2.24, 2.45) is 5.73 Å². The molecule has 1 aliphatic rings. The molecule has 9 nitrogen and oxygen atoms in total. The molecule has 0 unspecified atom stereocenters. The topological polar surface area (TPSA) is 128 Å². The summed E-state index contributed by atoms with van der Waals surface area (Å²) in [7, 11) is 0. The van der Waals surface area contributed by atoms with Gasteiger partial charge in [0.2, 0.25) is 11.8 Å². The third kappa shape index (κ3) is 4.27. The van der Waals surface area contributed by atoms with E-state index < -0.39 is 0 Å². The third-order valence-electron chi connectivity index (χ3n) is 3.42. The Morgan fingerprint density at radius 3 is 2.79 bits per heavy atom. The quantitative estimate of drug-likeness (QED) is 0.677. The van der Waals surface area contributed by atoms with Gasteiger partial charge in [0.05, 0.1) is 19.1 Å². The highest BCUT2D eigenvalue weighted by atomic mass is 35.5. The van der Waals surface area contributed by atoms with Crippen molar-refractivity contribution < 1.29 is 9.59 Å². The molecule has 0 aliphatic heterocycles. The Kier molecular flexibility index (Phi) is 5.83. The van der Waals surface area contributed by atoms with Gasteiger partial charge in [-0.2, -0.15) is 0 Å². The van der Waals surface area contributed by atoms with Crippen LogP contribution in [-0.4, -0.2) is 45.1 Å². The summed E-state index contributed by atoms with van der Waals surface area (Å²) in [6.07, 6.45) is 2.16. The fourth-order valence-electron chi connectivity index (χ4n) is 2.14. The summed E-state index contributed by atoms with van der Waals surface area (Å²) in [5, 5.41) is 16.9. The maximum Gasteiger partial charge on any atom is 0.243 e. The Bertz CT molecular complexity index is 729. The lowest BCUT2D eigenvalue weighted by Crippen LogP contribution is -2.36. The molecule has 4 N–H and O–H groups in total. The maximum atomic E-state index is 11.8. The summed E-state index contributed by atoms with van der Waals surface area (Å²) >= 11 is 0. The second-order valence-electron chi connectivity index (χ2n) is 5.29. The molecule has 1 fully saturated rings. The van der Waals surface area contributed by atoms with Crippen LogP contribution in [-0.2, 0) is 9.59 Å². The number of nitrogens with one attached hydrogen (secondary N) is 2. The number of tetrazole rings is 1. The van der Waals surface area contributed by atoms with Gasteiger partial charge in [0, 0.05) is 11.3 Å². The number of carbonyl (C=O) groups excluding carboxylic acids is 2. The second-order valence-corrected chi connectivity index (χ2v) is 5.29. The number of aromatic nitrogens is 4. The monoisotopic (exact) mass is 351 g/mol. The van der Waals surface area contributed by atoms with Gasteiger partial charge < -0.3 is 16.4 Å². The van der Waals surface area contributed by atoms with Gasteiger partial charge in [-0.05, 0) is 35.4 Å². The first-order valence-electron chi connectivity index (χ1n) is 7.32. The van der Waals surface area contributed by atoms with Crippen LogP contribution in [0, 0.1) is 0 Å². The molecule has 3 rings (SSSR count). The predicted octanol–water partition coefficient (Wildman–Crippen LogP) is 0.110. The van der Waals surface area contributed by atoms with E-state index in [9.17, 15) is 9.59 Å². The second kappa shape index (κ2) is 7.84. The first-order chi connectivity index (χ1) is 11.2. The van der Waals surface area contributed by atoms with E-state index in [4.69, 9.17) is 5.73 Å². The van der Waals surface area contributed by atoms with Gasteiger partial charge in [0.15, 0.2) is 5.82 Å². The van der Waals surface area contributed by atoms with Crippen molar-refractivity contribution in [1.29, 1.82) is 0 Å². The smallest absolute Gasteiger partial charge is 0.243 e. The Hall–Kier alpha value is -2.52. The van der Waals surface area contributed by atoms with Crippen molar-refractivity contribution in [3.05, 3.63) is 24.3 Å². The fourth-order valence-corrected chi connectivity index (χ4v) is 2.14. The van der Waals surface area contributed by atoms with Crippen LogP contribution in [0.5, 0.6) is 0 Å². The van der Waals surface area contributed by atoms with Gasteiger partial charge in [-0.25, -0.2) is 4.68 Å². The standard InChI is InChI=1S/C14H17N7O2.ClH/c15-7-12(22)16-8-13(23)17-10-3-1-2-9(6-10)14-18-19-20-21(14)11-4-5-11;/h1-3,6,11H,4-5,7-8,15H2,(H,16,22)(H,17,23);1H. The van der Waals surface area contributed by atoms with E-state index in [0.29, 0.717) is 17.6 Å². The van der Waals surface area contributed by atoms with Crippen molar-refractivity contribution in [2.75, 3.05) is 18.4 Å². The van der Waals surface area contributed by atoms with Crippen LogP contribution in [0.25, 0.3) is 11.4 Å². The minimum Gasteiger partial charge on any atom is -0.346 e. The molecule has 2 aromatic rings. The van der Waals surface area contributed by atoms with E-state index >= 15 is 0 Å². The van der Waals surface area contributed by atoms with Gasteiger partial charge >= 0.3 is 0 Å². The first-order valence-corrected chi connectivity index (χ1v) is 7.32. The molecule has 0 bridgehead atoms. The summed E-state index contributed by atoms with van der Waals surface area (Å²) in [5.41, 5.74) is 6.60. The number of nitrogens with zero attached hydrogens (tertiary/aromatic N) is 4. The average molecular weight is 352 g/mol. The largest absolute Gasteiger partial charge is 0.346 e. The van der Waals surface area contributed by atoms with Crippen LogP contribution >= 0.6 is 12.4 Å². The zero-order valence-electron chi connectivity index (χ0n) is 12.8. The fraction of sp³-hybridized carbons (Fsp3) is 0.357. The van der Waals surface area contributed by atoms with Gasteiger partial charge in [0.25, 0.3) is 0 Å². The van der Waals surface area contributed by atoms with Crippen LogP contribution < -0.4 is 16.4 Å². The van der Waals surface area contributed by atoms with Crippen LogP contribution in [0.4, 0.5) is 5.69 Å². The predicted molar refractivity (Wildman–Crippen MR) is 89.5 cm³/mol. The molecule has 1 heterocycles. The van der Waals surface area contributed by atoms with Crippen molar-refractivity contribution in [3.63, 3.8) is 0 Å². The zero-order chi connectivity index (χ0) is 16.2. The number of nitrogens with two attached hydrogens (primary N) is 1. The van der Waals surface area contributed by atoms with E-state index in [1.54, 1.807) is 12.1 Å². The number of halogens is 1.